The van der Waals surface area contributed by atoms with E-state index in [0.717, 1.165) is 24.7 Å². The van der Waals surface area contributed by atoms with Crippen LogP contribution in [0.2, 0.25) is 4.13 Å². The molecule has 0 aliphatic carbocycles. The van der Waals surface area contributed by atoms with E-state index in [1.807, 2.05) is 0 Å². The van der Waals surface area contributed by atoms with Crippen LogP contribution in [0, 0.1) is 0 Å². The van der Waals surface area contributed by atoms with E-state index in [2.05, 4.69) is 0 Å². The second kappa shape index (κ2) is 4.14. The van der Waals surface area contributed by atoms with Gasteiger partial charge in [-0.1, -0.05) is 0 Å². The first kappa shape index (κ1) is 11.0. The molecule has 0 amide bonds. The van der Waals surface area contributed by atoms with Crippen LogP contribution in [0.25, 0.3) is 0 Å². The number of rotatable bonds is 3. The summed E-state index contributed by atoms with van der Waals surface area (Å²) in [5, 5.41) is 0. The Bertz CT molecular complexity index is 175. The molecular formula is C5H4F3O2Zr. The molecule has 0 fully saturated rings. The first-order chi connectivity index (χ1) is 4.88. The van der Waals surface area contributed by atoms with Gasteiger partial charge in [0.15, 0.2) is 0 Å². The summed E-state index contributed by atoms with van der Waals surface area (Å²) in [6, 6.07) is 0. The number of hydrogen-bond donors (Lipinski definition) is 0. The molecular weight excluding hydrogens is 240 g/mol. The molecule has 0 heterocycles. The standard InChI is InChI=1S/C5H4F3O2.Zr/c1-3(9)2-4(10)5(6,7)8;/h1-2H2;. The van der Waals surface area contributed by atoms with Crippen molar-refractivity contribution < 1.29 is 47.5 Å². The summed E-state index contributed by atoms with van der Waals surface area (Å²) in [7, 11) is 0. The van der Waals surface area contributed by atoms with Crippen LogP contribution in [-0.4, -0.2) is 17.7 Å². The predicted octanol–water partition coefficient (Wildman–Crippen LogP) is 1.04. The number of ketones is 2. The zero-order valence-electron chi connectivity index (χ0n) is 5.36. The number of hydrogen-bond acceptors (Lipinski definition) is 2. The van der Waals surface area contributed by atoms with Gasteiger partial charge in [0.05, 0.1) is 0 Å². The quantitative estimate of drug-likeness (QED) is 0.695. The second-order valence-electron chi connectivity index (χ2n) is 1.81. The maximum absolute atomic E-state index is 11.5. The van der Waals surface area contributed by atoms with Crippen molar-refractivity contribution in [3.05, 3.63) is 0 Å². The van der Waals surface area contributed by atoms with Gasteiger partial charge in [-0.3, -0.25) is 0 Å². The Morgan fingerprint density at radius 2 is 1.73 bits per heavy atom. The van der Waals surface area contributed by atoms with E-state index < -0.39 is 24.2 Å². The molecule has 0 aliphatic heterocycles. The van der Waals surface area contributed by atoms with Gasteiger partial charge in [0.25, 0.3) is 0 Å². The minimum absolute atomic E-state index is 0.0501. The van der Waals surface area contributed by atoms with E-state index in [4.69, 9.17) is 0 Å². The van der Waals surface area contributed by atoms with Gasteiger partial charge < -0.3 is 0 Å². The van der Waals surface area contributed by atoms with Crippen LogP contribution < -0.4 is 0 Å². The van der Waals surface area contributed by atoms with Gasteiger partial charge >= 0.3 is 75.8 Å². The first-order valence-corrected chi connectivity index (χ1v) is 4.38. The Morgan fingerprint density at radius 3 is 2.00 bits per heavy atom. The molecule has 0 unspecified atom stereocenters. The van der Waals surface area contributed by atoms with Crippen molar-refractivity contribution in [2.24, 2.45) is 0 Å². The number of Topliss-reactive ketones (excluding diaryl/α,β-unsaturated/α-hetero) is 2. The van der Waals surface area contributed by atoms with Gasteiger partial charge in [-0.2, -0.15) is 0 Å². The van der Waals surface area contributed by atoms with Crippen molar-refractivity contribution in [3.8, 4) is 0 Å². The molecule has 0 aliphatic rings. The molecule has 0 saturated heterocycles. The predicted molar refractivity (Wildman–Crippen MR) is 25.5 cm³/mol. The van der Waals surface area contributed by atoms with Crippen molar-refractivity contribution >= 4 is 11.6 Å². The van der Waals surface area contributed by atoms with E-state index in [1.54, 1.807) is 0 Å². The van der Waals surface area contributed by atoms with Crippen LogP contribution in [0.3, 0.4) is 0 Å². The summed E-state index contributed by atoms with van der Waals surface area (Å²) in [6.07, 6.45) is -5.87. The van der Waals surface area contributed by atoms with Crippen molar-refractivity contribution in [3.63, 3.8) is 0 Å². The summed E-state index contributed by atoms with van der Waals surface area (Å²) < 4.78 is 34.4. The van der Waals surface area contributed by atoms with E-state index >= 15 is 0 Å². The van der Waals surface area contributed by atoms with Gasteiger partial charge in [-0.05, 0) is 0 Å². The van der Waals surface area contributed by atoms with E-state index in [9.17, 15) is 22.8 Å². The number of alkyl halides is 3. The van der Waals surface area contributed by atoms with E-state index in [0.29, 0.717) is 0 Å². The third-order valence-electron chi connectivity index (χ3n) is 0.871. The monoisotopic (exact) mass is 243 g/mol. The molecule has 11 heavy (non-hydrogen) atoms. The number of carbonyl (C=O) groups excluding carboxylic acids is 2. The summed E-state index contributed by atoms with van der Waals surface area (Å²) >= 11 is 0.817. The second-order valence-corrected chi connectivity index (χ2v) is 2.68. The summed E-state index contributed by atoms with van der Waals surface area (Å²) in [5.74, 6) is -2.60. The molecule has 0 bridgehead atoms. The molecule has 61 valence electrons. The normalized spacial score (nSPS) is 11.1. The topological polar surface area (TPSA) is 34.1 Å². The molecule has 0 N–H and O–H groups in total. The van der Waals surface area contributed by atoms with Gasteiger partial charge in [-0.15, -0.1) is 0 Å². The zero-order chi connectivity index (χ0) is 9.07. The molecule has 0 aromatic rings. The summed E-state index contributed by atoms with van der Waals surface area (Å²) in [5.41, 5.74) is 0. The molecule has 6 heteroatoms. The Balaban J connectivity index is 3.99. The van der Waals surface area contributed by atoms with Crippen LogP contribution >= 0.6 is 0 Å². The molecule has 0 saturated carbocycles. The Hall–Kier alpha value is 0.0131. The average molecular weight is 244 g/mol. The van der Waals surface area contributed by atoms with Crippen LogP contribution in [-0.2, 0) is 34.3 Å². The van der Waals surface area contributed by atoms with Gasteiger partial charge in [-0.25, -0.2) is 0 Å². The fraction of sp³-hybridized carbons (Fsp3) is 0.600. The van der Waals surface area contributed by atoms with E-state index in [1.165, 1.54) is 0 Å². The fourth-order valence-corrected chi connectivity index (χ4v) is 0.649. The molecule has 0 aromatic carbocycles. The van der Waals surface area contributed by atoms with Crippen molar-refractivity contribution in [2.45, 2.75) is 16.7 Å². The third kappa shape index (κ3) is 4.46. The van der Waals surface area contributed by atoms with Crippen LogP contribution in [0.4, 0.5) is 13.2 Å². The number of halogens is 3. The summed E-state index contributed by atoms with van der Waals surface area (Å²) in [6.45, 7) is 0. The van der Waals surface area contributed by atoms with Crippen LogP contribution in [0.5, 0.6) is 0 Å². The third-order valence-corrected chi connectivity index (χ3v) is 1.84. The average Bonchev–Trinajstić information content (AvgIpc) is 1.85. The summed E-state index contributed by atoms with van der Waals surface area (Å²) in [4.78, 5) is 20.5. The maximum atomic E-state index is 11.5. The first-order valence-electron chi connectivity index (χ1n) is 2.64. The van der Waals surface area contributed by atoms with Crippen molar-refractivity contribution in [1.82, 2.24) is 0 Å². The fourth-order valence-electron chi connectivity index (χ4n) is 0.342. The van der Waals surface area contributed by atoms with Crippen LogP contribution in [0.1, 0.15) is 6.42 Å². The van der Waals surface area contributed by atoms with Crippen LogP contribution in [0.15, 0.2) is 0 Å². The molecule has 0 rings (SSSR count). The molecule has 0 aromatic heterocycles. The zero-order valence-corrected chi connectivity index (χ0v) is 7.82. The SMILES string of the molecule is O=C([CH2][Zr])CC(=O)C(F)(F)F. The van der Waals surface area contributed by atoms with Gasteiger partial charge in [0.1, 0.15) is 0 Å². The Kier molecular flexibility index (Phi) is 4.15. The Morgan fingerprint density at radius 1 is 1.27 bits per heavy atom. The number of carbonyl (C=O) groups is 2. The molecule has 2 nitrogen and oxygen atoms in total. The Labute approximate surface area is 76.0 Å². The minimum atomic E-state index is -4.86. The molecule has 0 spiro atoms. The van der Waals surface area contributed by atoms with Gasteiger partial charge in [0, 0.05) is 0 Å². The van der Waals surface area contributed by atoms with Gasteiger partial charge in [0.2, 0.25) is 0 Å². The van der Waals surface area contributed by atoms with Crippen molar-refractivity contribution in [1.29, 1.82) is 0 Å². The van der Waals surface area contributed by atoms with Crippen molar-refractivity contribution in [2.75, 3.05) is 0 Å². The van der Waals surface area contributed by atoms with E-state index in [-0.39, 0.29) is 4.13 Å². The molecule has 0 radical (unpaired) electrons. The molecule has 0 atom stereocenters.